The van der Waals surface area contributed by atoms with Crippen LogP contribution in [-0.2, 0) is 16.1 Å². The van der Waals surface area contributed by atoms with Gasteiger partial charge in [0.2, 0.25) is 0 Å². The third-order valence-corrected chi connectivity index (χ3v) is 7.96. The summed E-state index contributed by atoms with van der Waals surface area (Å²) in [4.78, 5) is 18.9. The highest BCUT2D eigenvalue weighted by Gasteiger charge is 2.34. The van der Waals surface area contributed by atoms with Crippen molar-refractivity contribution in [2.24, 2.45) is 17.3 Å². The predicted molar refractivity (Wildman–Crippen MR) is 130 cm³/mol. The number of esters is 1. The Morgan fingerprint density at radius 1 is 1.06 bits per heavy atom. The van der Waals surface area contributed by atoms with Gasteiger partial charge in [0.15, 0.2) is 0 Å². The number of carbonyl (C=O) groups is 1. The maximum absolute atomic E-state index is 11.7. The maximum Gasteiger partial charge on any atom is 0.311 e. The van der Waals surface area contributed by atoms with E-state index in [2.05, 4.69) is 49.9 Å². The van der Waals surface area contributed by atoms with Gasteiger partial charge in [-0.1, -0.05) is 20.8 Å². The van der Waals surface area contributed by atoms with Gasteiger partial charge in [-0.05, 0) is 85.6 Å². The fourth-order valence-corrected chi connectivity index (χ4v) is 5.66. The van der Waals surface area contributed by atoms with Crippen molar-refractivity contribution in [3.63, 3.8) is 0 Å². The monoisotopic (exact) mass is 450 g/mol. The molecule has 1 aromatic heterocycles. The third-order valence-electron chi connectivity index (χ3n) is 7.96. The van der Waals surface area contributed by atoms with Crippen LogP contribution < -0.4 is 4.74 Å². The van der Waals surface area contributed by atoms with E-state index in [9.17, 15) is 4.79 Å². The number of pyridine rings is 1. The molecule has 5 heteroatoms. The van der Waals surface area contributed by atoms with Crippen molar-refractivity contribution in [3.8, 4) is 5.75 Å². The van der Waals surface area contributed by atoms with Crippen molar-refractivity contribution in [2.75, 3.05) is 20.2 Å². The van der Waals surface area contributed by atoms with Crippen LogP contribution in [0.25, 0.3) is 10.9 Å². The van der Waals surface area contributed by atoms with E-state index in [4.69, 9.17) is 14.5 Å². The van der Waals surface area contributed by atoms with Crippen molar-refractivity contribution < 1.29 is 14.3 Å². The zero-order chi connectivity index (χ0) is 23.2. The molecule has 0 amide bonds. The molecule has 0 spiro atoms. The molecule has 2 heterocycles. The Balaban J connectivity index is 1.28. The number of fused-ring (bicyclic) bond motifs is 1. The molecule has 3 fully saturated rings. The Labute approximate surface area is 197 Å². The summed E-state index contributed by atoms with van der Waals surface area (Å²) in [6.45, 7) is 9.40. The first-order chi connectivity index (χ1) is 15.8. The van der Waals surface area contributed by atoms with E-state index in [0.717, 1.165) is 55.4 Å². The highest BCUT2D eigenvalue weighted by Crippen LogP contribution is 2.44. The largest absolute Gasteiger partial charge is 0.490 e. The Hall–Kier alpha value is -2.14. The topological polar surface area (TPSA) is 51.7 Å². The minimum absolute atomic E-state index is 0.0107. The second kappa shape index (κ2) is 8.90. The van der Waals surface area contributed by atoms with Crippen LogP contribution in [0.5, 0.6) is 5.75 Å². The summed E-state index contributed by atoms with van der Waals surface area (Å²) in [5, 5.41) is 1.25. The lowest BCUT2D eigenvalue weighted by Gasteiger charge is -2.37. The molecule has 5 nitrogen and oxygen atoms in total. The highest BCUT2D eigenvalue weighted by atomic mass is 16.5. The number of methoxy groups -OCH3 is 1. The highest BCUT2D eigenvalue weighted by molar-refractivity contribution is 5.85. The summed E-state index contributed by atoms with van der Waals surface area (Å²) < 4.78 is 11.3. The quantitative estimate of drug-likeness (QED) is 0.528. The third kappa shape index (κ3) is 5.03. The summed E-state index contributed by atoms with van der Waals surface area (Å²) in [5.74, 6) is 2.34. The van der Waals surface area contributed by atoms with Crippen molar-refractivity contribution >= 4 is 16.9 Å². The average Bonchev–Trinajstić information content (AvgIpc) is 3.60. The van der Waals surface area contributed by atoms with E-state index in [1.54, 1.807) is 0 Å². The number of nitrogens with zero attached hydrogens (tertiary/aromatic N) is 2. The van der Waals surface area contributed by atoms with E-state index in [0.29, 0.717) is 17.4 Å². The number of likely N-dealkylation sites (tertiary alicyclic amines) is 1. The predicted octanol–water partition coefficient (Wildman–Crippen LogP) is 5.70. The molecule has 2 aliphatic carbocycles. The smallest absolute Gasteiger partial charge is 0.311 e. The zero-order valence-corrected chi connectivity index (χ0v) is 20.6. The lowest BCUT2D eigenvalue weighted by Crippen LogP contribution is -2.50. The van der Waals surface area contributed by atoms with Crippen LogP contribution >= 0.6 is 0 Å². The minimum Gasteiger partial charge on any atom is -0.490 e. The van der Waals surface area contributed by atoms with Crippen LogP contribution in [-0.4, -0.2) is 42.2 Å². The summed E-state index contributed by atoms with van der Waals surface area (Å²) in [6, 6.07) is 8.76. The molecule has 1 saturated heterocycles. The van der Waals surface area contributed by atoms with Crippen LogP contribution in [0.4, 0.5) is 0 Å². The van der Waals surface area contributed by atoms with Crippen LogP contribution in [0.2, 0.25) is 0 Å². The van der Waals surface area contributed by atoms with Gasteiger partial charge in [-0.15, -0.1) is 0 Å². The first kappa shape index (κ1) is 22.6. The van der Waals surface area contributed by atoms with E-state index in [-0.39, 0.29) is 11.9 Å². The fraction of sp³-hybridized carbons (Fsp3) is 0.643. The van der Waals surface area contributed by atoms with Crippen molar-refractivity contribution in [1.82, 2.24) is 9.88 Å². The number of rotatable bonds is 6. The van der Waals surface area contributed by atoms with E-state index < -0.39 is 0 Å². The van der Waals surface area contributed by atoms with Crippen molar-refractivity contribution in [2.45, 2.75) is 77.9 Å². The first-order valence-corrected chi connectivity index (χ1v) is 12.7. The second-order valence-electron chi connectivity index (χ2n) is 11.5. The number of benzene rings is 1. The molecule has 178 valence electrons. The van der Waals surface area contributed by atoms with Gasteiger partial charge in [0.05, 0.1) is 30.3 Å². The molecule has 2 aromatic rings. The maximum atomic E-state index is 11.7. The normalized spacial score (nSPS) is 24.5. The summed E-state index contributed by atoms with van der Waals surface area (Å²) in [5.41, 5.74) is 3.97. The lowest BCUT2D eigenvalue weighted by atomic mass is 9.72. The molecule has 0 unspecified atom stereocenters. The van der Waals surface area contributed by atoms with Gasteiger partial charge < -0.3 is 9.47 Å². The second-order valence-corrected chi connectivity index (χ2v) is 11.5. The van der Waals surface area contributed by atoms with Crippen LogP contribution in [0.3, 0.4) is 0 Å². The van der Waals surface area contributed by atoms with Gasteiger partial charge in [0.25, 0.3) is 0 Å². The number of aromatic nitrogens is 1. The van der Waals surface area contributed by atoms with Gasteiger partial charge in [-0.25, -0.2) is 0 Å². The molecule has 3 aliphatic rings. The molecule has 33 heavy (non-hydrogen) atoms. The van der Waals surface area contributed by atoms with Crippen molar-refractivity contribution in [1.29, 1.82) is 0 Å². The van der Waals surface area contributed by atoms with E-state index in [1.807, 2.05) is 0 Å². The molecule has 0 atom stereocenters. The number of hydrogen-bond acceptors (Lipinski definition) is 5. The number of carbonyl (C=O) groups excluding carboxylic acids is 1. The molecular weight excluding hydrogens is 412 g/mol. The summed E-state index contributed by atoms with van der Waals surface area (Å²) in [7, 11) is 1.46. The SMILES string of the molecule is COC(=O)C1CN(Cc2cc(C3CC3)c3cc(OC4CCC(C(C)(C)C)CC4)ccc3n2)C1. The van der Waals surface area contributed by atoms with E-state index >= 15 is 0 Å². The molecule has 2 saturated carbocycles. The van der Waals surface area contributed by atoms with Gasteiger partial charge in [-0.2, -0.15) is 0 Å². The number of hydrogen-bond donors (Lipinski definition) is 0. The van der Waals surface area contributed by atoms with Gasteiger partial charge in [-0.3, -0.25) is 14.7 Å². The lowest BCUT2D eigenvalue weighted by molar-refractivity contribution is -0.151. The van der Waals surface area contributed by atoms with E-state index in [1.165, 1.54) is 43.7 Å². The Bertz CT molecular complexity index is 1010. The summed E-state index contributed by atoms with van der Waals surface area (Å²) in [6.07, 6.45) is 7.65. The van der Waals surface area contributed by atoms with Gasteiger partial charge in [0, 0.05) is 25.0 Å². The molecule has 1 aliphatic heterocycles. The Morgan fingerprint density at radius 2 is 1.79 bits per heavy atom. The number of ether oxygens (including phenoxy) is 2. The van der Waals surface area contributed by atoms with Crippen LogP contribution in [0, 0.1) is 17.3 Å². The molecule has 0 N–H and O–H groups in total. The molecule has 0 radical (unpaired) electrons. The van der Waals surface area contributed by atoms with Crippen LogP contribution in [0.1, 0.15) is 76.5 Å². The molecular formula is C28H38N2O3. The standard InChI is InChI=1S/C28H38N2O3/c1-28(2,3)20-7-9-22(10-8-20)33-23-11-12-26-25(14-23)24(18-5-6-18)13-21(29-26)17-30-15-19(16-30)27(31)32-4/h11-14,18-20,22H,5-10,15-17H2,1-4H3. The Kier molecular flexibility index (Phi) is 6.11. The zero-order valence-electron chi connectivity index (χ0n) is 20.6. The Morgan fingerprint density at radius 3 is 2.42 bits per heavy atom. The van der Waals surface area contributed by atoms with Crippen LogP contribution in [0.15, 0.2) is 24.3 Å². The van der Waals surface area contributed by atoms with Gasteiger partial charge in [0.1, 0.15) is 5.75 Å². The molecule has 5 rings (SSSR count). The first-order valence-electron chi connectivity index (χ1n) is 12.7. The molecule has 1 aromatic carbocycles. The summed E-state index contributed by atoms with van der Waals surface area (Å²) >= 11 is 0. The fourth-order valence-electron chi connectivity index (χ4n) is 5.66. The van der Waals surface area contributed by atoms with Crippen molar-refractivity contribution in [3.05, 3.63) is 35.5 Å². The molecule has 0 bridgehead atoms. The minimum atomic E-state index is -0.101. The average molecular weight is 451 g/mol. The van der Waals surface area contributed by atoms with Gasteiger partial charge >= 0.3 is 5.97 Å².